The number of hydrogen-bond donors (Lipinski definition) is 1. The topological polar surface area (TPSA) is 101 Å². The number of rotatable bonds is 3. The standard InChI is InChI=1S/C16H19N7O2/c1-11-17-13(21-25-11)9-12-5-4-7-22(10-12)16(24)19-15-18-14-6-2-3-8-23(14)20-15/h2-3,6,8,12H,4-5,7,9-10H2,1H3,(H,19,20,24)/t12-/m0/s1. The Morgan fingerprint density at radius 2 is 2.32 bits per heavy atom. The second-order valence-corrected chi connectivity index (χ2v) is 6.26. The summed E-state index contributed by atoms with van der Waals surface area (Å²) in [7, 11) is 0. The van der Waals surface area contributed by atoms with Gasteiger partial charge in [-0.05, 0) is 30.9 Å². The lowest BCUT2D eigenvalue weighted by Gasteiger charge is -2.31. The van der Waals surface area contributed by atoms with Crippen molar-refractivity contribution >= 4 is 17.6 Å². The third kappa shape index (κ3) is 3.44. The molecule has 1 aliphatic heterocycles. The van der Waals surface area contributed by atoms with Crippen LogP contribution in [0, 0.1) is 12.8 Å². The average molecular weight is 341 g/mol. The molecule has 0 aromatic carbocycles. The van der Waals surface area contributed by atoms with Crippen molar-refractivity contribution in [2.75, 3.05) is 18.4 Å². The fourth-order valence-electron chi connectivity index (χ4n) is 3.16. The average Bonchev–Trinajstić information content (AvgIpc) is 3.20. The molecule has 1 fully saturated rings. The van der Waals surface area contributed by atoms with Crippen LogP contribution in [0.4, 0.5) is 10.7 Å². The van der Waals surface area contributed by atoms with E-state index in [0.717, 1.165) is 19.4 Å². The Morgan fingerprint density at radius 3 is 3.12 bits per heavy atom. The Bertz CT molecular complexity index is 854. The summed E-state index contributed by atoms with van der Waals surface area (Å²) in [5.41, 5.74) is 0.696. The minimum Gasteiger partial charge on any atom is -0.340 e. The SMILES string of the molecule is Cc1nc(C[C@@H]2CCCN(C(=O)Nc3nc4ccccn4n3)C2)no1. The molecule has 0 aliphatic carbocycles. The Hall–Kier alpha value is -2.97. The molecule has 1 aliphatic rings. The van der Waals surface area contributed by atoms with Crippen LogP contribution in [0.15, 0.2) is 28.9 Å². The van der Waals surface area contributed by atoms with E-state index in [9.17, 15) is 4.79 Å². The van der Waals surface area contributed by atoms with Gasteiger partial charge in [0.2, 0.25) is 5.89 Å². The monoisotopic (exact) mass is 341 g/mol. The summed E-state index contributed by atoms with van der Waals surface area (Å²) in [6, 6.07) is 5.41. The molecule has 2 amide bonds. The number of pyridine rings is 1. The predicted molar refractivity (Wildman–Crippen MR) is 89.0 cm³/mol. The number of aryl methyl sites for hydroxylation is 1. The Morgan fingerprint density at radius 1 is 1.40 bits per heavy atom. The highest BCUT2D eigenvalue weighted by Gasteiger charge is 2.25. The van der Waals surface area contributed by atoms with E-state index in [1.165, 1.54) is 0 Å². The smallest absolute Gasteiger partial charge is 0.324 e. The highest BCUT2D eigenvalue weighted by molar-refractivity contribution is 5.87. The Labute approximate surface area is 144 Å². The minimum absolute atomic E-state index is 0.176. The first-order valence-corrected chi connectivity index (χ1v) is 8.34. The van der Waals surface area contributed by atoms with Gasteiger partial charge < -0.3 is 9.42 Å². The summed E-state index contributed by atoms with van der Waals surface area (Å²) in [5.74, 6) is 1.91. The van der Waals surface area contributed by atoms with Crippen LogP contribution in [0.5, 0.6) is 0 Å². The third-order valence-electron chi connectivity index (χ3n) is 4.31. The lowest BCUT2D eigenvalue weighted by atomic mass is 9.95. The molecule has 0 radical (unpaired) electrons. The van der Waals surface area contributed by atoms with Crippen LogP contribution in [-0.4, -0.2) is 48.8 Å². The zero-order valence-electron chi connectivity index (χ0n) is 13.9. The quantitative estimate of drug-likeness (QED) is 0.781. The molecule has 9 nitrogen and oxygen atoms in total. The second-order valence-electron chi connectivity index (χ2n) is 6.26. The van der Waals surface area contributed by atoms with Crippen LogP contribution in [-0.2, 0) is 6.42 Å². The molecule has 1 atom stereocenters. The van der Waals surface area contributed by atoms with Gasteiger partial charge in [0.15, 0.2) is 11.5 Å². The minimum atomic E-state index is -0.176. The zero-order valence-corrected chi connectivity index (χ0v) is 13.9. The van der Waals surface area contributed by atoms with Gasteiger partial charge in [0.05, 0.1) is 0 Å². The van der Waals surface area contributed by atoms with Gasteiger partial charge in [0, 0.05) is 32.6 Å². The Balaban J connectivity index is 1.39. The Kier molecular flexibility index (Phi) is 4.04. The number of carbonyl (C=O) groups excluding carboxylic acids is 1. The predicted octanol–water partition coefficient (Wildman–Crippen LogP) is 1.91. The first kappa shape index (κ1) is 15.6. The van der Waals surface area contributed by atoms with Crippen molar-refractivity contribution in [1.82, 2.24) is 29.6 Å². The first-order chi connectivity index (χ1) is 12.2. The number of anilines is 1. The molecular weight excluding hydrogens is 322 g/mol. The number of carbonyl (C=O) groups is 1. The molecule has 3 aromatic rings. The molecule has 25 heavy (non-hydrogen) atoms. The van der Waals surface area contributed by atoms with Crippen LogP contribution in [0.2, 0.25) is 0 Å². The van der Waals surface area contributed by atoms with E-state index in [1.54, 1.807) is 22.5 Å². The van der Waals surface area contributed by atoms with E-state index in [-0.39, 0.29) is 6.03 Å². The van der Waals surface area contributed by atoms with Gasteiger partial charge in [0.1, 0.15) is 0 Å². The van der Waals surface area contributed by atoms with E-state index in [0.29, 0.717) is 42.2 Å². The van der Waals surface area contributed by atoms with Crippen LogP contribution >= 0.6 is 0 Å². The van der Waals surface area contributed by atoms with Crippen molar-refractivity contribution in [1.29, 1.82) is 0 Å². The number of nitrogens with zero attached hydrogens (tertiary/aromatic N) is 6. The third-order valence-corrected chi connectivity index (χ3v) is 4.31. The summed E-state index contributed by atoms with van der Waals surface area (Å²) in [6.45, 7) is 3.16. The van der Waals surface area contributed by atoms with E-state index in [1.807, 2.05) is 18.2 Å². The molecule has 1 saturated heterocycles. The number of hydrogen-bond acceptors (Lipinski definition) is 6. The molecule has 3 aromatic heterocycles. The lowest BCUT2D eigenvalue weighted by molar-refractivity contribution is 0.176. The zero-order chi connectivity index (χ0) is 17.2. The van der Waals surface area contributed by atoms with Crippen LogP contribution in [0.3, 0.4) is 0 Å². The summed E-state index contributed by atoms with van der Waals surface area (Å²) >= 11 is 0. The van der Waals surface area contributed by atoms with Crippen LogP contribution in [0.25, 0.3) is 5.65 Å². The maximum absolute atomic E-state index is 12.5. The molecule has 0 unspecified atom stereocenters. The lowest BCUT2D eigenvalue weighted by Crippen LogP contribution is -2.43. The maximum Gasteiger partial charge on any atom is 0.324 e. The van der Waals surface area contributed by atoms with E-state index < -0.39 is 0 Å². The van der Waals surface area contributed by atoms with E-state index in [4.69, 9.17) is 4.52 Å². The van der Waals surface area contributed by atoms with Crippen molar-refractivity contribution in [3.63, 3.8) is 0 Å². The second kappa shape index (κ2) is 6.50. The fraction of sp³-hybridized carbons (Fsp3) is 0.438. The number of urea groups is 1. The summed E-state index contributed by atoms with van der Waals surface area (Å²) in [4.78, 5) is 22.9. The number of nitrogens with one attached hydrogen (secondary N) is 1. The van der Waals surface area contributed by atoms with Gasteiger partial charge in [-0.25, -0.2) is 9.31 Å². The molecule has 0 bridgehead atoms. The fourth-order valence-corrected chi connectivity index (χ4v) is 3.16. The summed E-state index contributed by atoms with van der Waals surface area (Å²) < 4.78 is 6.65. The molecule has 4 heterocycles. The van der Waals surface area contributed by atoms with E-state index in [2.05, 4.69) is 25.5 Å². The van der Waals surface area contributed by atoms with Gasteiger partial charge in [-0.3, -0.25) is 5.32 Å². The summed E-state index contributed by atoms with van der Waals surface area (Å²) in [5, 5.41) is 11.0. The molecule has 1 N–H and O–H groups in total. The normalized spacial score (nSPS) is 17.8. The highest BCUT2D eigenvalue weighted by Crippen LogP contribution is 2.20. The van der Waals surface area contributed by atoms with Crippen molar-refractivity contribution in [3.05, 3.63) is 36.1 Å². The van der Waals surface area contributed by atoms with Gasteiger partial charge in [0.25, 0.3) is 5.95 Å². The van der Waals surface area contributed by atoms with Gasteiger partial charge in [-0.2, -0.15) is 9.97 Å². The molecular formula is C16H19N7O2. The summed E-state index contributed by atoms with van der Waals surface area (Å²) in [6.07, 6.45) is 4.51. The van der Waals surface area contributed by atoms with Gasteiger partial charge in [-0.1, -0.05) is 11.2 Å². The molecule has 0 saturated carbocycles. The number of amides is 2. The van der Waals surface area contributed by atoms with Crippen LogP contribution in [0.1, 0.15) is 24.6 Å². The number of likely N-dealkylation sites (tertiary alicyclic amines) is 1. The number of piperidine rings is 1. The van der Waals surface area contributed by atoms with Gasteiger partial charge >= 0.3 is 6.03 Å². The number of aromatic nitrogens is 5. The van der Waals surface area contributed by atoms with Crippen molar-refractivity contribution in [2.45, 2.75) is 26.2 Å². The molecule has 130 valence electrons. The van der Waals surface area contributed by atoms with E-state index >= 15 is 0 Å². The van der Waals surface area contributed by atoms with Crippen molar-refractivity contribution in [2.24, 2.45) is 5.92 Å². The molecule has 4 rings (SSSR count). The largest absolute Gasteiger partial charge is 0.340 e. The highest BCUT2D eigenvalue weighted by atomic mass is 16.5. The molecule has 9 heteroatoms. The first-order valence-electron chi connectivity index (χ1n) is 8.34. The molecule has 0 spiro atoms. The van der Waals surface area contributed by atoms with Crippen LogP contribution < -0.4 is 5.32 Å². The maximum atomic E-state index is 12.5. The van der Waals surface area contributed by atoms with Crippen molar-refractivity contribution < 1.29 is 9.32 Å². The van der Waals surface area contributed by atoms with Gasteiger partial charge in [-0.15, -0.1) is 5.10 Å². The van der Waals surface area contributed by atoms with Crippen molar-refractivity contribution in [3.8, 4) is 0 Å². The number of fused-ring (bicyclic) bond motifs is 1.